The zero-order valence-corrected chi connectivity index (χ0v) is 15.5. The second-order valence-corrected chi connectivity index (χ2v) is 6.57. The molecule has 0 aliphatic rings. The maximum atomic E-state index is 12.8. The molecule has 0 amide bonds. The first-order valence-corrected chi connectivity index (χ1v) is 8.63. The molecular weight excluding hydrogens is 350 g/mol. The van der Waals surface area contributed by atoms with Crippen molar-refractivity contribution in [2.24, 2.45) is 0 Å². The van der Waals surface area contributed by atoms with Gasteiger partial charge in [0.2, 0.25) is 5.78 Å². The molecule has 0 unspecified atom stereocenters. The fourth-order valence-corrected chi connectivity index (χ4v) is 2.94. The van der Waals surface area contributed by atoms with E-state index in [0.717, 1.165) is 16.8 Å². The van der Waals surface area contributed by atoms with Gasteiger partial charge in [-0.15, -0.1) is 0 Å². The van der Waals surface area contributed by atoms with Gasteiger partial charge in [0, 0.05) is 21.7 Å². The molecule has 5 heteroatoms. The summed E-state index contributed by atoms with van der Waals surface area (Å²) in [6.07, 6.45) is -0.907. The van der Waals surface area contributed by atoms with E-state index in [2.05, 4.69) is 4.98 Å². The number of ketones is 1. The van der Waals surface area contributed by atoms with Gasteiger partial charge in [0.15, 0.2) is 6.10 Å². The number of aryl methyl sites for hydroxylation is 1. The molecule has 0 N–H and O–H groups in total. The van der Waals surface area contributed by atoms with Crippen molar-refractivity contribution >= 4 is 34.3 Å². The first kappa shape index (κ1) is 18.1. The molecule has 132 valence electrons. The number of para-hydroxylation sites is 1. The zero-order chi connectivity index (χ0) is 18.8. The van der Waals surface area contributed by atoms with Crippen LogP contribution in [0.15, 0.2) is 48.5 Å². The summed E-state index contributed by atoms with van der Waals surface area (Å²) in [5.74, 6) is -0.804. The first-order valence-electron chi connectivity index (χ1n) is 8.25. The van der Waals surface area contributed by atoms with Crippen molar-refractivity contribution in [3.8, 4) is 0 Å². The largest absolute Gasteiger partial charge is 0.451 e. The van der Waals surface area contributed by atoms with E-state index in [0.29, 0.717) is 21.5 Å². The highest BCUT2D eigenvalue weighted by atomic mass is 35.5. The van der Waals surface area contributed by atoms with E-state index >= 15 is 0 Å². The Morgan fingerprint density at radius 1 is 1.04 bits per heavy atom. The highest BCUT2D eigenvalue weighted by Crippen LogP contribution is 2.24. The first-order chi connectivity index (χ1) is 12.4. The fourth-order valence-electron chi connectivity index (χ4n) is 2.81. The van der Waals surface area contributed by atoms with Crippen molar-refractivity contribution in [2.75, 3.05) is 0 Å². The number of pyridine rings is 1. The molecule has 0 spiro atoms. The van der Waals surface area contributed by atoms with Gasteiger partial charge in [-0.25, -0.2) is 4.79 Å². The molecule has 0 bridgehead atoms. The van der Waals surface area contributed by atoms with E-state index in [1.807, 2.05) is 38.1 Å². The maximum absolute atomic E-state index is 12.8. The number of nitrogens with zero attached hydrogens (tertiary/aromatic N) is 1. The second kappa shape index (κ2) is 7.26. The summed E-state index contributed by atoms with van der Waals surface area (Å²) < 4.78 is 5.48. The SMILES string of the molecule is Cc1nc2ccccc2c(C(=O)O[C@@H](C)C(=O)c2ccc(Cl)cc2)c1C. The van der Waals surface area contributed by atoms with E-state index in [4.69, 9.17) is 16.3 Å². The molecule has 0 fully saturated rings. The molecule has 0 aliphatic carbocycles. The Labute approximate surface area is 156 Å². The fraction of sp³-hybridized carbons (Fsp3) is 0.190. The molecule has 3 aromatic rings. The lowest BCUT2D eigenvalue weighted by molar-refractivity contribution is 0.0320. The van der Waals surface area contributed by atoms with Crippen LogP contribution in [-0.4, -0.2) is 22.8 Å². The lowest BCUT2D eigenvalue weighted by Crippen LogP contribution is -2.25. The summed E-state index contributed by atoms with van der Waals surface area (Å²) in [6.45, 7) is 5.25. The van der Waals surface area contributed by atoms with Crippen LogP contribution in [0, 0.1) is 13.8 Å². The topological polar surface area (TPSA) is 56.3 Å². The third-order valence-corrected chi connectivity index (χ3v) is 4.62. The molecule has 2 aromatic carbocycles. The summed E-state index contributed by atoms with van der Waals surface area (Å²) in [6, 6.07) is 13.9. The van der Waals surface area contributed by atoms with Crippen molar-refractivity contribution in [1.82, 2.24) is 4.98 Å². The van der Waals surface area contributed by atoms with Crippen LogP contribution in [-0.2, 0) is 4.74 Å². The minimum absolute atomic E-state index is 0.275. The highest BCUT2D eigenvalue weighted by Gasteiger charge is 2.23. The van der Waals surface area contributed by atoms with Gasteiger partial charge in [0.05, 0.1) is 11.1 Å². The van der Waals surface area contributed by atoms with Crippen LogP contribution in [0.3, 0.4) is 0 Å². The zero-order valence-electron chi connectivity index (χ0n) is 14.7. The third kappa shape index (κ3) is 3.46. The quantitative estimate of drug-likeness (QED) is 0.484. The monoisotopic (exact) mass is 367 g/mol. The van der Waals surface area contributed by atoms with E-state index in [-0.39, 0.29) is 5.78 Å². The standard InChI is InChI=1S/C21H18ClNO3/c1-12-13(2)23-18-7-5-4-6-17(18)19(12)21(25)26-14(3)20(24)15-8-10-16(22)11-9-15/h4-11,14H,1-3H3/t14-/m0/s1. The Balaban J connectivity index is 1.90. The minimum Gasteiger partial charge on any atom is -0.451 e. The molecule has 0 radical (unpaired) electrons. The number of esters is 1. The average Bonchev–Trinajstić information content (AvgIpc) is 2.62. The number of rotatable bonds is 4. The number of carbonyl (C=O) groups excluding carboxylic acids is 2. The third-order valence-electron chi connectivity index (χ3n) is 4.37. The van der Waals surface area contributed by atoms with Crippen LogP contribution in [0.5, 0.6) is 0 Å². The molecule has 0 saturated heterocycles. The Morgan fingerprint density at radius 2 is 1.69 bits per heavy atom. The van der Waals surface area contributed by atoms with Crippen molar-refractivity contribution in [3.63, 3.8) is 0 Å². The number of ether oxygens (including phenoxy) is 1. The number of fused-ring (bicyclic) bond motifs is 1. The molecule has 0 saturated carbocycles. The summed E-state index contributed by atoms with van der Waals surface area (Å²) in [5.41, 5.74) is 3.12. The van der Waals surface area contributed by atoms with Crippen LogP contribution in [0.1, 0.15) is 38.9 Å². The maximum Gasteiger partial charge on any atom is 0.339 e. The highest BCUT2D eigenvalue weighted by molar-refractivity contribution is 6.30. The lowest BCUT2D eigenvalue weighted by atomic mass is 10.0. The normalized spacial score (nSPS) is 12.0. The summed E-state index contributed by atoms with van der Waals surface area (Å²) in [4.78, 5) is 29.8. The van der Waals surface area contributed by atoms with Crippen molar-refractivity contribution in [2.45, 2.75) is 26.9 Å². The second-order valence-electron chi connectivity index (χ2n) is 6.13. The predicted molar refractivity (Wildman–Crippen MR) is 102 cm³/mol. The average molecular weight is 368 g/mol. The number of hydrogen-bond donors (Lipinski definition) is 0. The van der Waals surface area contributed by atoms with Gasteiger partial charge in [-0.3, -0.25) is 9.78 Å². The molecule has 4 nitrogen and oxygen atoms in total. The smallest absolute Gasteiger partial charge is 0.339 e. The van der Waals surface area contributed by atoms with Crippen LogP contribution < -0.4 is 0 Å². The van der Waals surface area contributed by atoms with Crippen LogP contribution in [0.4, 0.5) is 0 Å². The summed E-state index contributed by atoms with van der Waals surface area (Å²) in [5, 5.41) is 1.26. The summed E-state index contributed by atoms with van der Waals surface area (Å²) >= 11 is 5.85. The van der Waals surface area contributed by atoms with Gasteiger partial charge in [0.25, 0.3) is 0 Å². The molecule has 1 atom stereocenters. The Bertz CT molecular complexity index is 996. The van der Waals surface area contributed by atoms with Crippen molar-refractivity contribution in [1.29, 1.82) is 0 Å². The molecular formula is C21H18ClNO3. The number of Topliss-reactive ketones (excluding diaryl/α,β-unsaturated/α-hetero) is 1. The van der Waals surface area contributed by atoms with E-state index < -0.39 is 12.1 Å². The molecule has 1 heterocycles. The Morgan fingerprint density at radius 3 is 2.38 bits per heavy atom. The van der Waals surface area contributed by atoms with Crippen molar-refractivity contribution < 1.29 is 14.3 Å². The lowest BCUT2D eigenvalue weighted by Gasteiger charge is -2.16. The number of aromatic nitrogens is 1. The van der Waals surface area contributed by atoms with Crippen LogP contribution >= 0.6 is 11.6 Å². The van der Waals surface area contributed by atoms with Crippen LogP contribution in [0.25, 0.3) is 10.9 Å². The number of benzene rings is 2. The van der Waals surface area contributed by atoms with Gasteiger partial charge >= 0.3 is 5.97 Å². The molecule has 0 aliphatic heterocycles. The van der Waals surface area contributed by atoms with Crippen LogP contribution in [0.2, 0.25) is 5.02 Å². The Hall–Kier alpha value is -2.72. The van der Waals surface area contributed by atoms with Gasteiger partial charge < -0.3 is 4.74 Å². The number of hydrogen-bond acceptors (Lipinski definition) is 4. The van der Waals surface area contributed by atoms with E-state index in [1.165, 1.54) is 0 Å². The van der Waals surface area contributed by atoms with Gasteiger partial charge in [-0.05, 0) is 56.7 Å². The van der Waals surface area contributed by atoms with E-state index in [9.17, 15) is 9.59 Å². The summed E-state index contributed by atoms with van der Waals surface area (Å²) in [7, 11) is 0. The predicted octanol–water partition coefficient (Wildman–Crippen LogP) is 4.93. The number of halogens is 1. The molecule has 26 heavy (non-hydrogen) atoms. The minimum atomic E-state index is -0.907. The molecule has 1 aromatic heterocycles. The molecule has 3 rings (SSSR count). The van der Waals surface area contributed by atoms with Gasteiger partial charge in [-0.2, -0.15) is 0 Å². The van der Waals surface area contributed by atoms with Gasteiger partial charge in [0.1, 0.15) is 0 Å². The number of carbonyl (C=O) groups is 2. The van der Waals surface area contributed by atoms with Crippen molar-refractivity contribution in [3.05, 3.63) is 75.9 Å². The Kier molecular flexibility index (Phi) is 5.05. The van der Waals surface area contributed by atoms with E-state index in [1.54, 1.807) is 31.2 Å². The van der Waals surface area contributed by atoms with Gasteiger partial charge in [-0.1, -0.05) is 29.8 Å².